The van der Waals surface area contributed by atoms with Gasteiger partial charge in [0.2, 0.25) is 11.9 Å². The third-order valence-electron chi connectivity index (χ3n) is 4.37. The summed E-state index contributed by atoms with van der Waals surface area (Å²) in [6.45, 7) is 3.90. The van der Waals surface area contributed by atoms with Gasteiger partial charge in [-0.25, -0.2) is 15.0 Å². The number of methoxy groups -OCH3 is 1. The number of ether oxygens (including phenoxy) is 1. The zero-order chi connectivity index (χ0) is 19.5. The van der Waals surface area contributed by atoms with Crippen molar-refractivity contribution in [2.75, 3.05) is 12.4 Å². The highest BCUT2D eigenvalue weighted by atomic mass is 16.5. The maximum Gasteiger partial charge on any atom is 0.229 e. The van der Waals surface area contributed by atoms with Crippen molar-refractivity contribution in [2.45, 2.75) is 13.8 Å². The highest BCUT2D eigenvalue weighted by molar-refractivity contribution is 5.67. The quantitative estimate of drug-likeness (QED) is 0.551. The zero-order valence-corrected chi connectivity index (χ0v) is 16.0. The largest absolute Gasteiger partial charge is 0.497 e. The van der Waals surface area contributed by atoms with E-state index >= 15 is 0 Å². The first-order valence-corrected chi connectivity index (χ1v) is 9.01. The minimum atomic E-state index is 0.525. The van der Waals surface area contributed by atoms with Crippen molar-refractivity contribution in [2.24, 2.45) is 0 Å². The Balaban J connectivity index is 1.82. The van der Waals surface area contributed by atoms with Crippen molar-refractivity contribution in [1.82, 2.24) is 19.5 Å². The Kier molecular flexibility index (Phi) is 4.76. The van der Waals surface area contributed by atoms with E-state index in [1.54, 1.807) is 7.11 Å². The van der Waals surface area contributed by atoms with Crippen LogP contribution in [0.2, 0.25) is 0 Å². The number of nitrogens with zero attached hydrogens (tertiary/aromatic N) is 4. The normalized spacial score (nSPS) is 10.7. The first-order valence-electron chi connectivity index (χ1n) is 9.01. The number of rotatable bonds is 5. The minimum absolute atomic E-state index is 0.525. The van der Waals surface area contributed by atoms with Crippen LogP contribution >= 0.6 is 0 Å². The van der Waals surface area contributed by atoms with E-state index < -0.39 is 0 Å². The van der Waals surface area contributed by atoms with Crippen LogP contribution in [0.1, 0.15) is 11.4 Å². The number of aromatic nitrogens is 4. The summed E-state index contributed by atoms with van der Waals surface area (Å²) >= 11 is 0. The summed E-state index contributed by atoms with van der Waals surface area (Å²) < 4.78 is 7.34. The van der Waals surface area contributed by atoms with Gasteiger partial charge in [-0.15, -0.1) is 0 Å². The molecule has 2 aromatic carbocycles. The molecule has 0 aliphatic heterocycles. The van der Waals surface area contributed by atoms with Crippen molar-refractivity contribution in [3.8, 4) is 22.7 Å². The number of aryl methyl sites for hydroxylation is 2. The summed E-state index contributed by atoms with van der Waals surface area (Å²) in [7, 11) is 1.66. The van der Waals surface area contributed by atoms with Gasteiger partial charge >= 0.3 is 0 Å². The Morgan fingerprint density at radius 2 is 1.57 bits per heavy atom. The molecule has 0 fully saturated rings. The van der Waals surface area contributed by atoms with Crippen molar-refractivity contribution < 1.29 is 4.74 Å². The van der Waals surface area contributed by atoms with Crippen molar-refractivity contribution in [1.29, 1.82) is 0 Å². The van der Waals surface area contributed by atoms with E-state index in [0.29, 0.717) is 11.9 Å². The Bertz CT molecular complexity index is 1070. The molecule has 0 aliphatic carbocycles. The van der Waals surface area contributed by atoms with E-state index in [-0.39, 0.29) is 0 Å². The number of benzene rings is 2. The predicted octanol–water partition coefficient (Wildman–Crippen LogP) is 4.70. The number of nitrogens with one attached hydrogen (secondary N) is 1. The molecule has 2 heterocycles. The van der Waals surface area contributed by atoms with Crippen LogP contribution in [0, 0.1) is 13.8 Å². The van der Waals surface area contributed by atoms with E-state index in [0.717, 1.165) is 34.1 Å². The van der Waals surface area contributed by atoms with Crippen LogP contribution in [-0.4, -0.2) is 26.6 Å². The van der Waals surface area contributed by atoms with E-state index in [1.165, 1.54) is 0 Å². The fourth-order valence-corrected chi connectivity index (χ4v) is 3.13. The summed E-state index contributed by atoms with van der Waals surface area (Å²) in [5, 5.41) is 3.27. The van der Waals surface area contributed by atoms with Crippen LogP contribution in [-0.2, 0) is 0 Å². The third kappa shape index (κ3) is 3.57. The molecule has 28 heavy (non-hydrogen) atoms. The summed E-state index contributed by atoms with van der Waals surface area (Å²) in [6.07, 6.45) is 1.85. The van der Waals surface area contributed by atoms with Crippen LogP contribution in [0.5, 0.6) is 5.75 Å². The molecule has 0 radical (unpaired) electrons. The van der Waals surface area contributed by atoms with Gasteiger partial charge in [-0.05, 0) is 44.2 Å². The maximum atomic E-state index is 5.29. The molecule has 6 nitrogen and oxygen atoms in total. The molecule has 6 heteroatoms. The second-order valence-electron chi connectivity index (χ2n) is 6.47. The topological polar surface area (TPSA) is 64.9 Å². The fraction of sp³-hybridized carbons (Fsp3) is 0.136. The van der Waals surface area contributed by atoms with Crippen LogP contribution in [0.25, 0.3) is 16.9 Å². The monoisotopic (exact) mass is 371 g/mol. The average Bonchev–Trinajstić information content (AvgIpc) is 3.11. The molecule has 0 unspecified atom stereocenters. The molecule has 0 amide bonds. The lowest BCUT2D eigenvalue weighted by Gasteiger charge is -2.14. The van der Waals surface area contributed by atoms with Crippen molar-refractivity contribution in [3.05, 3.63) is 78.2 Å². The van der Waals surface area contributed by atoms with E-state index in [9.17, 15) is 0 Å². The molecule has 0 spiro atoms. The van der Waals surface area contributed by atoms with E-state index in [2.05, 4.69) is 37.0 Å². The minimum Gasteiger partial charge on any atom is -0.497 e. The first-order chi connectivity index (χ1) is 13.6. The Morgan fingerprint density at radius 3 is 2.21 bits per heavy atom. The molecule has 4 rings (SSSR count). The van der Waals surface area contributed by atoms with Crippen LogP contribution in [0.4, 0.5) is 11.9 Å². The van der Waals surface area contributed by atoms with Crippen LogP contribution in [0.15, 0.2) is 66.9 Å². The number of hydrogen-bond acceptors (Lipinski definition) is 5. The second kappa shape index (κ2) is 7.52. The number of imidazole rings is 1. The Labute approximate surface area is 163 Å². The lowest BCUT2D eigenvalue weighted by Crippen LogP contribution is -2.06. The van der Waals surface area contributed by atoms with Gasteiger partial charge in [0.25, 0.3) is 0 Å². The van der Waals surface area contributed by atoms with Crippen molar-refractivity contribution in [3.63, 3.8) is 0 Å². The average molecular weight is 371 g/mol. The van der Waals surface area contributed by atoms with Crippen LogP contribution < -0.4 is 10.1 Å². The summed E-state index contributed by atoms with van der Waals surface area (Å²) in [5.74, 6) is 1.98. The summed E-state index contributed by atoms with van der Waals surface area (Å²) in [6, 6.07) is 20.0. The maximum absolute atomic E-state index is 5.29. The molecule has 0 bridgehead atoms. The molecule has 1 N–H and O–H groups in total. The molecular formula is C22H21N5O. The smallest absolute Gasteiger partial charge is 0.229 e. The van der Waals surface area contributed by atoms with Gasteiger partial charge in [0.05, 0.1) is 19.0 Å². The number of anilines is 2. The number of hydrogen-bond donors (Lipinski definition) is 1. The zero-order valence-electron chi connectivity index (χ0n) is 16.0. The highest BCUT2D eigenvalue weighted by Crippen LogP contribution is 2.29. The van der Waals surface area contributed by atoms with Crippen LogP contribution in [0.3, 0.4) is 0 Å². The standard InChI is InChI=1S/C22H21N5O/c1-15-13-16(2)25-21(24-15)26-22-23-14-20(17-7-5-4-6-8-17)27(22)18-9-11-19(28-3)12-10-18/h4-14H,1-3H3,(H,23,24,25,26). The molecule has 2 aromatic heterocycles. The second-order valence-corrected chi connectivity index (χ2v) is 6.47. The summed E-state index contributed by atoms with van der Waals surface area (Å²) in [4.78, 5) is 13.6. The van der Waals surface area contributed by atoms with Gasteiger partial charge in [-0.3, -0.25) is 9.88 Å². The van der Waals surface area contributed by atoms with Gasteiger partial charge in [-0.2, -0.15) is 0 Å². The third-order valence-corrected chi connectivity index (χ3v) is 4.37. The molecule has 140 valence electrons. The lowest BCUT2D eigenvalue weighted by atomic mass is 10.1. The molecule has 0 aliphatic rings. The van der Waals surface area contributed by atoms with Gasteiger partial charge < -0.3 is 4.74 Å². The molecule has 0 saturated carbocycles. The summed E-state index contributed by atoms with van der Waals surface area (Å²) in [5.41, 5.74) is 4.81. The van der Waals surface area contributed by atoms with Gasteiger partial charge in [0.15, 0.2) is 0 Å². The lowest BCUT2D eigenvalue weighted by molar-refractivity contribution is 0.415. The molecular weight excluding hydrogens is 350 g/mol. The van der Waals surface area contributed by atoms with E-state index in [4.69, 9.17) is 4.74 Å². The Hall–Kier alpha value is -3.67. The highest BCUT2D eigenvalue weighted by Gasteiger charge is 2.15. The van der Waals surface area contributed by atoms with Crippen molar-refractivity contribution >= 4 is 11.9 Å². The predicted molar refractivity (Wildman–Crippen MR) is 110 cm³/mol. The van der Waals surface area contributed by atoms with Gasteiger partial charge in [0.1, 0.15) is 5.75 Å². The Morgan fingerprint density at radius 1 is 0.893 bits per heavy atom. The first kappa shape index (κ1) is 17.7. The SMILES string of the molecule is COc1ccc(-n2c(-c3ccccc3)cnc2Nc2nc(C)cc(C)n2)cc1. The van der Waals surface area contributed by atoms with Gasteiger partial charge in [-0.1, -0.05) is 30.3 Å². The van der Waals surface area contributed by atoms with Gasteiger partial charge in [0, 0.05) is 22.6 Å². The molecule has 4 aromatic rings. The molecule has 0 atom stereocenters. The molecule has 0 saturated heterocycles. The van der Waals surface area contributed by atoms with E-state index in [1.807, 2.05) is 68.6 Å². The fourth-order valence-electron chi connectivity index (χ4n) is 3.13.